The predicted octanol–water partition coefficient (Wildman–Crippen LogP) is 18.2. The molecule has 0 aromatic rings. The molecule has 0 saturated carbocycles. The highest BCUT2D eigenvalue weighted by Crippen LogP contribution is 2.18. The quantitative estimate of drug-likeness (QED) is 0.0344. The van der Waals surface area contributed by atoms with E-state index >= 15 is 0 Å². The Bertz CT molecular complexity index is 933. The maximum Gasteiger partial charge on any atom is 0.306 e. The topological polar surface area (TPSA) is 78.9 Å². The van der Waals surface area contributed by atoms with Crippen LogP contribution in [0.25, 0.3) is 0 Å². The number of hydrogen-bond donors (Lipinski definition) is 0. The fourth-order valence-corrected chi connectivity index (χ4v) is 8.57. The zero-order chi connectivity index (χ0) is 45.2. The molecule has 0 N–H and O–H groups in total. The third-order valence-electron chi connectivity index (χ3n) is 12.8. The molecule has 6 nitrogen and oxygen atoms in total. The van der Waals surface area contributed by atoms with Crippen LogP contribution in [0.1, 0.15) is 317 Å². The normalized spacial score (nSPS) is 12.0. The van der Waals surface area contributed by atoms with Gasteiger partial charge in [0.15, 0.2) is 6.10 Å². The van der Waals surface area contributed by atoms with Gasteiger partial charge in [-0.15, -0.1) is 0 Å². The molecule has 0 aromatic carbocycles. The lowest BCUT2D eigenvalue weighted by molar-refractivity contribution is -0.167. The van der Waals surface area contributed by atoms with Crippen LogP contribution in [0, 0.1) is 5.92 Å². The summed E-state index contributed by atoms with van der Waals surface area (Å²) in [7, 11) is 0. The minimum atomic E-state index is -0.762. The van der Waals surface area contributed by atoms with E-state index in [1.54, 1.807) is 0 Å². The Morgan fingerprint density at radius 1 is 0.306 bits per heavy atom. The zero-order valence-corrected chi connectivity index (χ0v) is 42.3. The van der Waals surface area contributed by atoms with Gasteiger partial charge in [-0.3, -0.25) is 14.4 Å². The van der Waals surface area contributed by atoms with Gasteiger partial charge in [0.25, 0.3) is 0 Å². The van der Waals surface area contributed by atoms with Crippen LogP contribution < -0.4 is 0 Å². The average molecular weight is 877 g/mol. The summed E-state index contributed by atoms with van der Waals surface area (Å²) in [6.45, 7) is 9.00. The molecule has 0 bridgehead atoms. The summed E-state index contributed by atoms with van der Waals surface area (Å²) in [5.41, 5.74) is 0. The number of carbonyl (C=O) groups is 3. The van der Waals surface area contributed by atoms with Gasteiger partial charge in [0.1, 0.15) is 13.2 Å². The van der Waals surface area contributed by atoms with Gasteiger partial charge in [-0.25, -0.2) is 0 Å². The molecule has 0 amide bonds. The van der Waals surface area contributed by atoms with Crippen molar-refractivity contribution in [3.63, 3.8) is 0 Å². The molecule has 0 rings (SSSR count). The first kappa shape index (κ1) is 60.4. The number of rotatable bonds is 51. The van der Waals surface area contributed by atoms with Crippen LogP contribution in [0.5, 0.6) is 0 Å². The molecule has 6 heteroatoms. The van der Waals surface area contributed by atoms with Crippen molar-refractivity contribution in [1.82, 2.24) is 0 Å². The highest BCUT2D eigenvalue weighted by atomic mass is 16.6. The largest absolute Gasteiger partial charge is 0.462 e. The van der Waals surface area contributed by atoms with Gasteiger partial charge in [-0.05, 0) is 25.2 Å². The van der Waals surface area contributed by atoms with E-state index in [0.717, 1.165) is 63.7 Å². The first-order chi connectivity index (χ1) is 30.4. The van der Waals surface area contributed by atoms with Gasteiger partial charge in [0, 0.05) is 19.3 Å². The molecule has 0 aromatic heterocycles. The Labute approximate surface area is 387 Å². The lowest BCUT2D eigenvalue weighted by Gasteiger charge is -2.18. The molecule has 0 spiro atoms. The molecule has 0 saturated heterocycles. The molecule has 0 unspecified atom stereocenters. The van der Waals surface area contributed by atoms with Gasteiger partial charge < -0.3 is 14.2 Å². The molecular formula is C56H108O6. The fraction of sp³-hybridized carbons (Fsp3) is 0.946. The predicted molar refractivity (Wildman–Crippen MR) is 266 cm³/mol. The van der Waals surface area contributed by atoms with Crippen molar-refractivity contribution in [2.24, 2.45) is 5.92 Å². The van der Waals surface area contributed by atoms with Crippen molar-refractivity contribution in [2.45, 2.75) is 323 Å². The molecular weight excluding hydrogens is 769 g/mol. The third-order valence-corrected chi connectivity index (χ3v) is 12.8. The summed E-state index contributed by atoms with van der Waals surface area (Å²) in [6, 6.07) is 0. The molecule has 0 aliphatic rings. The molecule has 0 radical (unpaired) electrons. The van der Waals surface area contributed by atoms with Crippen molar-refractivity contribution < 1.29 is 28.6 Å². The summed E-state index contributed by atoms with van der Waals surface area (Å²) in [4.78, 5) is 38.0. The third kappa shape index (κ3) is 49.4. The lowest BCUT2D eigenvalue weighted by atomic mass is 10.0. The first-order valence-corrected chi connectivity index (χ1v) is 27.9. The molecule has 1 atom stereocenters. The van der Waals surface area contributed by atoms with Crippen molar-refractivity contribution in [3.8, 4) is 0 Å². The van der Waals surface area contributed by atoms with Gasteiger partial charge in [0.05, 0.1) is 0 Å². The van der Waals surface area contributed by atoms with E-state index in [1.807, 2.05) is 0 Å². The number of hydrogen-bond acceptors (Lipinski definition) is 6. The van der Waals surface area contributed by atoms with Crippen LogP contribution in [0.2, 0.25) is 0 Å². The van der Waals surface area contributed by atoms with E-state index in [1.165, 1.54) is 212 Å². The Balaban J connectivity index is 4.21. The minimum absolute atomic E-state index is 0.0632. The molecule has 368 valence electrons. The van der Waals surface area contributed by atoms with Gasteiger partial charge in [-0.2, -0.15) is 0 Å². The second-order valence-corrected chi connectivity index (χ2v) is 19.7. The molecule has 62 heavy (non-hydrogen) atoms. The van der Waals surface area contributed by atoms with Crippen LogP contribution in [0.15, 0.2) is 0 Å². The number of unbranched alkanes of at least 4 members (excludes halogenated alkanes) is 38. The van der Waals surface area contributed by atoms with Crippen molar-refractivity contribution >= 4 is 17.9 Å². The van der Waals surface area contributed by atoms with Crippen molar-refractivity contribution in [1.29, 1.82) is 0 Å². The Kier molecular flexibility index (Phi) is 49.1. The van der Waals surface area contributed by atoms with E-state index in [9.17, 15) is 14.4 Å². The Morgan fingerprint density at radius 3 is 0.790 bits per heavy atom. The van der Waals surface area contributed by atoms with Crippen LogP contribution in [0.4, 0.5) is 0 Å². The minimum Gasteiger partial charge on any atom is -0.462 e. The summed E-state index contributed by atoms with van der Waals surface area (Å²) >= 11 is 0. The van der Waals surface area contributed by atoms with Crippen LogP contribution in [-0.4, -0.2) is 37.2 Å². The average Bonchev–Trinajstić information content (AvgIpc) is 3.26. The van der Waals surface area contributed by atoms with Crippen LogP contribution >= 0.6 is 0 Å². The van der Waals surface area contributed by atoms with E-state index in [-0.39, 0.29) is 31.1 Å². The first-order valence-electron chi connectivity index (χ1n) is 27.9. The van der Waals surface area contributed by atoms with Gasteiger partial charge >= 0.3 is 17.9 Å². The van der Waals surface area contributed by atoms with Crippen LogP contribution in [-0.2, 0) is 28.6 Å². The molecule has 0 heterocycles. The van der Waals surface area contributed by atoms with Gasteiger partial charge in [0.2, 0.25) is 0 Å². The second-order valence-electron chi connectivity index (χ2n) is 19.7. The second kappa shape index (κ2) is 50.4. The van der Waals surface area contributed by atoms with E-state index < -0.39 is 6.10 Å². The maximum absolute atomic E-state index is 12.8. The molecule has 0 fully saturated rings. The maximum atomic E-state index is 12.8. The van der Waals surface area contributed by atoms with Crippen molar-refractivity contribution in [3.05, 3.63) is 0 Å². The fourth-order valence-electron chi connectivity index (χ4n) is 8.57. The van der Waals surface area contributed by atoms with Crippen molar-refractivity contribution in [2.75, 3.05) is 13.2 Å². The zero-order valence-electron chi connectivity index (χ0n) is 42.3. The van der Waals surface area contributed by atoms with E-state index in [2.05, 4.69) is 27.7 Å². The number of esters is 3. The highest BCUT2D eigenvalue weighted by molar-refractivity contribution is 5.71. The summed E-state index contributed by atoms with van der Waals surface area (Å²) < 4.78 is 16.8. The summed E-state index contributed by atoms with van der Waals surface area (Å²) in [5, 5.41) is 0. The number of ether oxygens (including phenoxy) is 3. The summed E-state index contributed by atoms with van der Waals surface area (Å²) in [5.74, 6) is -0.0654. The standard InChI is InChI=1S/C56H108O6/c1-5-7-9-11-13-15-17-19-21-22-23-24-26-28-30-32-36-40-44-48-55(58)61-51-53(62-56(59)49-45-41-37-33-34-38-42-46-52(3)4)50-60-54(57)47-43-39-35-31-29-27-25-20-18-16-14-12-10-8-6-2/h52-53H,5-51H2,1-4H3/t53-/m0/s1. The van der Waals surface area contributed by atoms with Crippen LogP contribution in [0.3, 0.4) is 0 Å². The van der Waals surface area contributed by atoms with Gasteiger partial charge in [-0.1, -0.05) is 278 Å². The van der Waals surface area contributed by atoms with E-state index in [0.29, 0.717) is 19.3 Å². The highest BCUT2D eigenvalue weighted by Gasteiger charge is 2.19. The Morgan fingerprint density at radius 2 is 0.532 bits per heavy atom. The monoisotopic (exact) mass is 877 g/mol. The molecule has 0 aliphatic heterocycles. The molecule has 0 aliphatic carbocycles. The Hall–Kier alpha value is -1.59. The SMILES string of the molecule is CCCCCCCCCCCCCCCCCCCCCC(=O)OC[C@H](COC(=O)CCCCCCCCCCCCCCCCC)OC(=O)CCCCCCCCCC(C)C. The lowest BCUT2D eigenvalue weighted by Crippen LogP contribution is -2.30. The smallest absolute Gasteiger partial charge is 0.306 e. The van der Waals surface area contributed by atoms with E-state index in [4.69, 9.17) is 14.2 Å². The summed E-state index contributed by atoms with van der Waals surface area (Å²) in [6.07, 6.45) is 53.9. The number of carbonyl (C=O) groups excluding carboxylic acids is 3.